The van der Waals surface area contributed by atoms with Crippen LogP contribution in [0.2, 0.25) is 0 Å². The van der Waals surface area contributed by atoms with Gasteiger partial charge in [0.2, 0.25) is 0 Å². The Balaban J connectivity index is 2.31. The van der Waals surface area contributed by atoms with Gasteiger partial charge in [-0.25, -0.2) is 8.42 Å². The lowest BCUT2D eigenvalue weighted by Gasteiger charge is -2.27. The standard InChI is InChI=1S/C13H17BrO4S/c1-18-9-5-6-10(11(14)8-9)13(15)12-4-2-3-7-19(12,16)17/h5-6,8,12-13,15H,2-4,7H2,1H3. The molecule has 0 spiro atoms. The van der Waals surface area contributed by atoms with Crippen LogP contribution in [0, 0.1) is 0 Å². The maximum absolute atomic E-state index is 12.0. The molecule has 1 aromatic rings. The molecule has 1 saturated heterocycles. The van der Waals surface area contributed by atoms with E-state index in [0.29, 0.717) is 28.6 Å². The summed E-state index contributed by atoms with van der Waals surface area (Å²) in [6.45, 7) is 0. The van der Waals surface area contributed by atoms with Gasteiger partial charge in [0.15, 0.2) is 9.84 Å². The van der Waals surface area contributed by atoms with Crippen molar-refractivity contribution in [2.75, 3.05) is 12.9 Å². The number of ether oxygens (including phenoxy) is 1. The minimum Gasteiger partial charge on any atom is -0.497 e. The zero-order valence-electron chi connectivity index (χ0n) is 10.7. The zero-order valence-corrected chi connectivity index (χ0v) is 13.1. The fraction of sp³-hybridized carbons (Fsp3) is 0.538. The van der Waals surface area contributed by atoms with Gasteiger partial charge in [-0.15, -0.1) is 0 Å². The molecule has 1 heterocycles. The van der Waals surface area contributed by atoms with Crippen molar-refractivity contribution < 1.29 is 18.3 Å². The fourth-order valence-corrected chi connectivity index (χ4v) is 4.98. The van der Waals surface area contributed by atoms with Gasteiger partial charge < -0.3 is 9.84 Å². The summed E-state index contributed by atoms with van der Waals surface area (Å²) in [5.41, 5.74) is 0.594. The van der Waals surface area contributed by atoms with Crippen LogP contribution in [0.4, 0.5) is 0 Å². The Morgan fingerprint density at radius 1 is 1.42 bits per heavy atom. The number of hydrogen-bond donors (Lipinski definition) is 1. The van der Waals surface area contributed by atoms with Crippen LogP contribution >= 0.6 is 15.9 Å². The first-order chi connectivity index (χ1) is 8.95. The Kier molecular flexibility index (Phi) is 4.53. The SMILES string of the molecule is COc1ccc(C(O)C2CCCCS2(=O)=O)c(Br)c1. The van der Waals surface area contributed by atoms with Crippen LogP contribution < -0.4 is 4.74 Å². The normalized spacial score (nSPS) is 23.8. The molecule has 19 heavy (non-hydrogen) atoms. The summed E-state index contributed by atoms with van der Waals surface area (Å²) in [5, 5.41) is 9.67. The largest absolute Gasteiger partial charge is 0.497 e. The number of aliphatic hydroxyl groups is 1. The van der Waals surface area contributed by atoms with E-state index in [1.807, 2.05) is 0 Å². The second kappa shape index (κ2) is 5.81. The Hall–Kier alpha value is -0.590. The lowest BCUT2D eigenvalue weighted by Crippen LogP contribution is -2.34. The van der Waals surface area contributed by atoms with E-state index in [9.17, 15) is 13.5 Å². The number of methoxy groups -OCH3 is 1. The predicted molar refractivity (Wildman–Crippen MR) is 77.1 cm³/mol. The lowest BCUT2D eigenvalue weighted by molar-refractivity contribution is 0.163. The molecule has 2 unspecified atom stereocenters. The van der Waals surface area contributed by atoms with Gasteiger partial charge in [-0.2, -0.15) is 0 Å². The molecule has 1 aliphatic heterocycles. The van der Waals surface area contributed by atoms with Crippen LogP contribution in [0.15, 0.2) is 22.7 Å². The minimum absolute atomic E-state index is 0.169. The van der Waals surface area contributed by atoms with Crippen LogP contribution in [-0.2, 0) is 9.84 Å². The van der Waals surface area contributed by atoms with Gasteiger partial charge in [-0.05, 0) is 30.5 Å². The molecule has 2 rings (SSSR count). The highest BCUT2D eigenvalue weighted by Gasteiger charge is 2.36. The van der Waals surface area contributed by atoms with E-state index in [0.717, 1.165) is 6.42 Å². The van der Waals surface area contributed by atoms with Crippen molar-refractivity contribution in [1.82, 2.24) is 0 Å². The Morgan fingerprint density at radius 3 is 2.74 bits per heavy atom. The summed E-state index contributed by atoms with van der Waals surface area (Å²) in [6, 6.07) is 5.16. The molecule has 0 aromatic heterocycles. The molecule has 106 valence electrons. The van der Waals surface area contributed by atoms with Gasteiger partial charge in [-0.3, -0.25) is 0 Å². The fourth-order valence-electron chi connectivity index (χ4n) is 2.41. The Labute approximate surface area is 121 Å². The zero-order chi connectivity index (χ0) is 14.0. The smallest absolute Gasteiger partial charge is 0.156 e. The molecule has 0 aliphatic carbocycles. The molecule has 1 N–H and O–H groups in total. The molecule has 0 bridgehead atoms. The predicted octanol–water partition coefficient (Wildman–Crippen LogP) is 2.46. The van der Waals surface area contributed by atoms with E-state index in [4.69, 9.17) is 4.74 Å². The minimum atomic E-state index is -3.21. The molecule has 6 heteroatoms. The molecule has 1 aliphatic rings. The highest BCUT2D eigenvalue weighted by Crippen LogP contribution is 2.35. The second-order valence-corrected chi connectivity index (χ2v) is 7.93. The number of rotatable bonds is 3. The monoisotopic (exact) mass is 348 g/mol. The summed E-state index contributed by atoms with van der Waals surface area (Å²) < 4.78 is 29.8. The summed E-state index contributed by atoms with van der Waals surface area (Å²) in [6.07, 6.45) is 1.05. The van der Waals surface area contributed by atoms with Crippen LogP contribution in [0.3, 0.4) is 0 Å². The summed E-state index contributed by atoms with van der Waals surface area (Å²) in [5.74, 6) is 0.831. The van der Waals surface area contributed by atoms with Crippen LogP contribution in [-0.4, -0.2) is 31.6 Å². The quantitative estimate of drug-likeness (QED) is 0.911. The van der Waals surface area contributed by atoms with Crippen molar-refractivity contribution in [3.05, 3.63) is 28.2 Å². The van der Waals surface area contributed by atoms with Gasteiger partial charge >= 0.3 is 0 Å². The van der Waals surface area contributed by atoms with Crippen molar-refractivity contribution in [3.63, 3.8) is 0 Å². The average molecular weight is 349 g/mol. The summed E-state index contributed by atoms with van der Waals surface area (Å²) in [7, 11) is -1.65. The molecular weight excluding hydrogens is 332 g/mol. The molecule has 1 aromatic carbocycles. The van der Waals surface area contributed by atoms with Crippen molar-refractivity contribution in [2.45, 2.75) is 30.6 Å². The number of hydrogen-bond acceptors (Lipinski definition) is 4. The molecule has 0 radical (unpaired) electrons. The number of benzene rings is 1. The van der Waals surface area contributed by atoms with Gasteiger partial charge in [-0.1, -0.05) is 28.4 Å². The first-order valence-electron chi connectivity index (χ1n) is 6.19. The van der Waals surface area contributed by atoms with E-state index in [2.05, 4.69) is 15.9 Å². The highest BCUT2D eigenvalue weighted by molar-refractivity contribution is 9.10. The van der Waals surface area contributed by atoms with Crippen LogP contribution in [0.1, 0.15) is 30.9 Å². The molecule has 0 saturated carbocycles. The third kappa shape index (κ3) is 3.12. The molecule has 1 fully saturated rings. The Bertz CT molecular complexity index is 556. The first kappa shape index (κ1) is 14.8. The number of sulfone groups is 1. The van der Waals surface area contributed by atoms with Crippen LogP contribution in [0.25, 0.3) is 0 Å². The number of aliphatic hydroxyl groups excluding tert-OH is 1. The van der Waals surface area contributed by atoms with Gasteiger partial charge in [0.05, 0.1) is 24.2 Å². The second-order valence-electron chi connectivity index (χ2n) is 4.73. The lowest BCUT2D eigenvalue weighted by atomic mass is 10.0. The van der Waals surface area contributed by atoms with Crippen LogP contribution in [0.5, 0.6) is 5.75 Å². The van der Waals surface area contributed by atoms with E-state index >= 15 is 0 Å². The maximum atomic E-state index is 12.0. The summed E-state index contributed by atoms with van der Waals surface area (Å²) in [4.78, 5) is 0. The third-order valence-corrected chi connectivity index (χ3v) is 6.47. The van der Waals surface area contributed by atoms with Crippen molar-refractivity contribution >= 4 is 25.8 Å². The first-order valence-corrected chi connectivity index (χ1v) is 8.69. The van der Waals surface area contributed by atoms with Gasteiger partial charge in [0, 0.05) is 4.47 Å². The van der Waals surface area contributed by atoms with Crippen molar-refractivity contribution in [1.29, 1.82) is 0 Å². The molecule has 4 nitrogen and oxygen atoms in total. The molecule has 0 amide bonds. The highest BCUT2D eigenvalue weighted by atomic mass is 79.9. The topological polar surface area (TPSA) is 63.6 Å². The molecular formula is C13H17BrO4S. The van der Waals surface area contributed by atoms with Crippen molar-refractivity contribution in [2.24, 2.45) is 0 Å². The maximum Gasteiger partial charge on any atom is 0.156 e. The van der Waals surface area contributed by atoms with Gasteiger partial charge in [0.1, 0.15) is 5.75 Å². The van der Waals surface area contributed by atoms with Gasteiger partial charge in [0.25, 0.3) is 0 Å². The molecule has 2 atom stereocenters. The van der Waals surface area contributed by atoms with E-state index in [1.54, 1.807) is 25.3 Å². The summed E-state index contributed by atoms with van der Waals surface area (Å²) >= 11 is 3.36. The van der Waals surface area contributed by atoms with E-state index in [1.165, 1.54) is 0 Å². The average Bonchev–Trinajstić information content (AvgIpc) is 2.37. The number of halogens is 1. The van der Waals surface area contributed by atoms with E-state index < -0.39 is 21.2 Å². The van der Waals surface area contributed by atoms with E-state index in [-0.39, 0.29) is 5.75 Å². The van der Waals surface area contributed by atoms with Crippen molar-refractivity contribution in [3.8, 4) is 5.75 Å². The third-order valence-electron chi connectivity index (χ3n) is 3.51. The Morgan fingerprint density at radius 2 is 2.16 bits per heavy atom.